The minimum Gasteiger partial charge on any atom is -0.383 e. The third kappa shape index (κ3) is 3.74. The van der Waals surface area contributed by atoms with Gasteiger partial charge in [-0.25, -0.2) is 0 Å². The summed E-state index contributed by atoms with van der Waals surface area (Å²) >= 11 is 0. The molecule has 0 saturated carbocycles. The summed E-state index contributed by atoms with van der Waals surface area (Å²) in [4.78, 5) is 28.0. The molecule has 0 unspecified atom stereocenters. The molecule has 0 aromatic rings. The molecule has 2 aliphatic heterocycles. The highest BCUT2D eigenvalue weighted by atomic mass is 16.5. The first-order chi connectivity index (χ1) is 10.0. The Labute approximate surface area is 126 Å². The van der Waals surface area contributed by atoms with E-state index in [0.29, 0.717) is 25.7 Å². The summed E-state index contributed by atoms with van der Waals surface area (Å²) in [7, 11) is 1.61. The average molecular weight is 298 g/mol. The maximum atomic E-state index is 12.7. The summed E-state index contributed by atoms with van der Waals surface area (Å²) in [6.45, 7) is 6.48. The van der Waals surface area contributed by atoms with E-state index in [0.717, 1.165) is 19.4 Å². The number of hydrogen-bond donors (Lipinski definition) is 0. The monoisotopic (exact) mass is 298 g/mol. The smallest absolute Gasteiger partial charge is 0.243 e. The van der Waals surface area contributed by atoms with Crippen LogP contribution < -0.4 is 0 Å². The normalized spacial score (nSPS) is 26.8. The maximum absolute atomic E-state index is 12.7. The minimum absolute atomic E-state index is 0.00164. The summed E-state index contributed by atoms with van der Waals surface area (Å²) in [5.41, 5.74) is 0. The molecular weight excluding hydrogens is 272 g/mol. The molecule has 2 heterocycles. The van der Waals surface area contributed by atoms with Crippen LogP contribution >= 0.6 is 0 Å². The lowest BCUT2D eigenvalue weighted by Gasteiger charge is -2.35. The van der Waals surface area contributed by atoms with Crippen LogP contribution in [-0.2, 0) is 19.1 Å². The summed E-state index contributed by atoms with van der Waals surface area (Å²) in [5.74, 6) is 0.246. The van der Waals surface area contributed by atoms with E-state index in [1.54, 1.807) is 16.9 Å². The summed E-state index contributed by atoms with van der Waals surface area (Å²) in [5, 5.41) is 0. The van der Waals surface area contributed by atoms with Gasteiger partial charge >= 0.3 is 0 Å². The highest BCUT2D eigenvalue weighted by Crippen LogP contribution is 2.28. The van der Waals surface area contributed by atoms with Crippen LogP contribution in [0.15, 0.2) is 0 Å². The van der Waals surface area contributed by atoms with Crippen LogP contribution in [0, 0.1) is 11.8 Å². The predicted octanol–water partition coefficient (Wildman–Crippen LogP) is 0.712. The molecule has 0 aliphatic carbocycles. The molecule has 2 rings (SSSR count). The van der Waals surface area contributed by atoms with Gasteiger partial charge in [0.1, 0.15) is 6.54 Å². The van der Waals surface area contributed by atoms with Gasteiger partial charge in [0.2, 0.25) is 11.8 Å². The number of amides is 2. The number of carbonyl (C=O) groups excluding carboxylic acids is 2. The second kappa shape index (κ2) is 7.22. The Bertz CT molecular complexity index is 386. The van der Waals surface area contributed by atoms with Gasteiger partial charge in [0, 0.05) is 20.3 Å². The maximum Gasteiger partial charge on any atom is 0.243 e. The summed E-state index contributed by atoms with van der Waals surface area (Å²) < 4.78 is 10.8. The average Bonchev–Trinajstić information content (AvgIpc) is 2.85. The number of rotatable bonds is 5. The van der Waals surface area contributed by atoms with Crippen LogP contribution in [0.5, 0.6) is 0 Å². The first-order valence-corrected chi connectivity index (χ1v) is 7.71. The second-order valence-corrected chi connectivity index (χ2v) is 6.16. The van der Waals surface area contributed by atoms with Gasteiger partial charge in [0.15, 0.2) is 0 Å². The van der Waals surface area contributed by atoms with Crippen molar-refractivity contribution >= 4 is 11.8 Å². The number of hydrogen-bond acceptors (Lipinski definition) is 4. The summed E-state index contributed by atoms with van der Waals surface area (Å²) in [6, 6.07) is 0. The van der Waals surface area contributed by atoms with Gasteiger partial charge in [-0.15, -0.1) is 0 Å². The molecule has 0 aromatic heterocycles. The molecule has 0 N–H and O–H groups in total. The van der Waals surface area contributed by atoms with E-state index >= 15 is 0 Å². The fourth-order valence-corrected chi connectivity index (χ4v) is 3.10. The molecule has 0 radical (unpaired) electrons. The van der Waals surface area contributed by atoms with Crippen molar-refractivity contribution in [1.82, 2.24) is 9.80 Å². The van der Waals surface area contributed by atoms with E-state index in [1.165, 1.54) is 0 Å². The minimum atomic E-state index is -0.117. The zero-order valence-electron chi connectivity index (χ0n) is 13.2. The molecule has 0 bridgehead atoms. The van der Waals surface area contributed by atoms with Crippen molar-refractivity contribution in [2.24, 2.45) is 11.8 Å². The van der Waals surface area contributed by atoms with E-state index < -0.39 is 0 Å². The van der Waals surface area contributed by atoms with Crippen molar-refractivity contribution in [3.8, 4) is 0 Å². The van der Waals surface area contributed by atoms with Crippen molar-refractivity contribution in [2.75, 3.05) is 40.1 Å². The third-order valence-electron chi connectivity index (χ3n) is 4.24. The van der Waals surface area contributed by atoms with Crippen molar-refractivity contribution in [3.63, 3.8) is 0 Å². The lowest BCUT2D eigenvalue weighted by atomic mass is 9.86. The van der Waals surface area contributed by atoms with Crippen molar-refractivity contribution < 1.29 is 19.1 Å². The molecule has 2 fully saturated rings. The molecule has 2 aliphatic rings. The Morgan fingerprint density at radius 1 is 1.48 bits per heavy atom. The highest BCUT2D eigenvalue weighted by molar-refractivity contribution is 5.89. The fourth-order valence-electron chi connectivity index (χ4n) is 3.10. The molecule has 2 saturated heterocycles. The molecule has 6 heteroatoms. The van der Waals surface area contributed by atoms with Gasteiger partial charge in [0.25, 0.3) is 0 Å². The zero-order chi connectivity index (χ0) is 15.4. The van der Waals surface area contributed by atoms with E-state index in [2.05, 4.69) is 13.8 Å². The molecule has 21 heavy (non-hydrogen) atoms. The van der Waals surface area contributed by atoms with Crippen LogP contribution in [0.3, 0.4) is 0 Å². The topological polar surface area (TPSA) is 59.1 Å². The van der Waals surface area contributed by atoms with Crippen LogP contribution in [-0.4, -0.2) is 67.8 Å². The Hall–Kier alpha value is -1.14. The van der Waals surface area contributed by atoms with Gasteiger partial charge in [-0.2, -0.15) is 0 Å². The Morgan fingerprint density at radius 3 is 2.90 bits per heavy atom. The molecule has 2 atom stereocenters. The quantitative estimate of drug-likeness (QED) is 0.750. The predicted molar refractivity (Wildman–Crippen MR) is 77.5 cm³/mol. The lowest BCUT2D eigenvalue weighted by molar-refractivity contribution is -0.147. The van der Waals surface area contributed by atoms with Crippen molar-refractivity contribution in [1.29, 1.82) is 0 Å². The Kier molecular flexibility index (Phi) is 5.58. The van der Waals surface area contributed by atoms with Gasteiger partial charge in [-0.1, -0.05) is 13.8 Å². The number of nitrogens with zero attached hydrogens (tertiary/aromatic N) is 2. The molecule has 2 amide bonds. The van der Waals surface area contributed by atoms with Gasteiger partial charge in [-0.05, 0) is 18.8 Å². The number of carbonyl (C=O) groups is 2. The van der Waals surface area contributed by atoms with Crippen molar-refractivity contribution in [2.45, 2.75) is 32.8 Å². The largest absolute Gasteiger partial charge is 0.383 e. The van der Waals surface area contributed by atoms with Gasteiger partial charge in [0.05, 0.1) is 25.3 Å². The van der Waals surface area contributed by atoms with Crippen molar-refractivity contribution in [3.05, 3.63) is 0 Å². The Morgan fingerprint density at radius 2 is 2.24 bits per heavy atom. The molecular formula is C15H26N2O4. The van der Waals surface area contributed by atoms with E-state index in [1.807, 2.05) is 0 Å². The van der Waals surface area contributed by atoms with E-state index in [9.17, 15) is 9.59 Å². The molecule has 6 nitrogen and oxygen atoms in total. The lowest BCUT2D eigenvalue weighted by Crippen LogP contribution is -2.45. The third-order valence-corrected chi connectivity index (χ3v) is 4.24. The number of ether oxygens (including phenoxy) is 2. The molecule has 0 aromatic carbocycles. The zero-order valence-corrected chi connectivity index (χ0v) is 13.2. The first-order valence-electron chi connectivity index (χ1n) is 7.71. The number of methoxy groups -OCH3 is 1. The van der Waals surface area contributed by atoms with Crippen LogP contribution in [0.1, 0.15) is 26.7 Å². The van der Waals surface area contributed by atoms with Crippen LogP contribution in [0.4, 0.5) is 0 Å². The Balaban J connectivity index is 1.97. The van der Waals surface area contributed by atoms with E-state index in [-0.39, 0.29) is 30.4 Å². The SMILES string of the molecule is COCCN1CN(C(=O)[C@H]2CCCO[C@@H]2C(C)C)CC1=O. The van der Waals surface area contributed by atoms with Gasteiger partial charge in [-0.3, -0.25) is 9.59 Å². The van der Waals surface area contributed by atoms with Gasteiger partial charge < -0.3 is 19.3 Å². The second-order valence-electron chi connectivity index (χ2n) is 6.16. The van der Waals surface area contributed by atoms with Crippen LogP contribution in [0.25, 0.3) is 0 Å². The first kappa shape index (κ1) is 16.2. The fraction of sp³-hybridized carbons (Fsp3) is 0.867. The summed E-state index contributed by atoms with van der Waals surface area (Å²) in [6.07, 6.45) is 1.73. The molecule has 0 spiro atoms. The highest BCUT2D eigenvalue weighted by Gasteiger charge is 2.39. The molecule has 120 valence electrons. The standard InChI is InChI=1S/C15H26N2O4/c1-11(2)14-12(5-4-7-21-14)15(19)17-9-13(18)16(10-17)6-8-20-3/h11-12,14H,4-10H2,1-3H3/t12-,14+/m0/s1. The van der Waals surface area contributed by atoms with E-state index in [4.69, 9.17) is 9.47 Å². The van der Waals surface area contributed by atoms with Crippen LogP contribution in [0.2, 0.25) is 0 Å².